The van der Waals surface area contributed by atoms with Gasteiger partial charge < -0.3 is 11.8 Å². The van der Waals surface area contributed by atoms with Gasteiger partial charge in [-0.3, -0.25) is 5.92 Å². The molecule has 0 atom stereocenters. The maximum Gasteiger partial charge on any atom is 0.0129 e. The summed E-state index contributed by atoms with van der Waals surface area (Å²) in [6.07, 6.45) is 6.98. The summed E-state index contributed by atoms with van der Waals surface area (Å²) in [5.74, 6) is 1.51. The molecule has 0 saturated heterocycles. The summed E-state index contributed by atoms with van der Waals surface area (Å²) in [6.45, 7) is 13.3. The van der Waals surface area contributed by atoms with Crippen molar-refractivity contribution >= 4 is 0 Å². The average Bonchev–Trinajstić information content (AvgIpc) is 2.05. The topological polar surface area (TPSA) is 3.24 Å². The first kappa shape index (κ1) is 17.0. The van der Waals surface area contributed by atoms with Gasteiger partial charge in [0.2, 0.25) is 0 Å². The molecule has 0 fully saturated rings. The SMILES string of the molecule is C=CC[C-](CC[CH2-])CN(C)CC=C.[Y]. The Balaban J connectivity index is 0. The first-order valence-electron chi connectivity index (χ1n) is 4.77. The van der Waals surface area contributed by atoms with Gasteiger partial charge in [-0.25, -0.2) is 12.8 Å². The van der Waals surface area contributed by atoms with Crippen LogP contribution in [0.4, 0.5) is 0 Å². The van der Waals surface area contributed by atoms with Crippen molar-refractivity contribution in [2.24, 2.45) is 0 Å². The van der Waals surface area contributed by atoms with Crippen molar-refractivity contribution in [2.75, 3.05) is 20.1 Å². The molecule has 0 spiro atoms. The van der Waals surface area contributed by atoms with Crippen LogP contribution in [-0.4, -0.2) is 25.0 Å². The quantitative estimate of drug-likeness (QED) is 0.483. The Kier molecular flexibility index (Phi) is 14.1. The second kappa shape index (κ2) is 11.6. The van der Waals surface area contributed by atoms with Crippen LogP contribution in [0.2, 0.25) is 0 Å². The fourth-order valence-corrected chi connectivity index (χ4v) is 1.37. The maximum absolute atomic E-state index is 3.87. The van der Waals surface area contributed by atoms with E-state index in [0.29, 0.717) is 0 Å². The smallest absolute Gasteiger partial charge is 0.0129 e. The molecule has 0 saturated carbocycles. The normalized spacial score (nSPS) is 10.0. The molecule has 0 heterocycles. The molecule has 0 rings (SSSR count). The third-order valence-electron chi connectivity index (χ3n) is 1.90. The zero-order valence-electron chi connectivity index (χ0n) is 9.34. The number of allylic oxidation sites excluding steroid dienone is 1. The molecular weight excluding hydrogens is 247 g/mol. The molecule has 0 aliphatic carbocycles. The molecule has 0 aromatic heterocycles. The molecule has 2 heteroatoms. The third-order valence-corrected chi connectivity index (χ3v) is 1.90. The van der Waals surface area contributed by atoms with Crippen molar-refractivity contribution in [3.8, 4) is 0 Å². The zero-order valence-corrected chi connectivity index (χ0v) is 12.2. The number of hydrogen-bond donors (Lipinski definition) is 0. The molecule has 79 valence electrons. The first-order chi connectivity index (χ1) is 6.24. The molecule has 1 nitrogen and oxygen atoms in total. The van der Waals surface area contributed by atoms with E-state index in [9.17, 15) is 0 Å². The summed E-state index contributed by atoms with van der Waals surface area (Å²) in [4.78, 5) is 2.25. The predicted octanol–water partition coefficient (Wildman–Crippen LogP) is 2.87. The molecule has 0 aromatic rings. The molecule has 0 aliphatic heterocycles. The minimum Gasteiger partial charge on any atom is -0.346 e. The minimum atomic E-state index is 0. The standard InChI is InChI=1S/C12H21N.Y/c1-5-8-12(9-6-2)11-13(4)10-7-3;/h5,7H,1-3,6,8-11H2,4H3;/q-2;. The Morgan fingerprint density at radius 2 is 2.00 bits per heavy atom. The van der Waals surface area contributed by atoms with Crippen LogP contribution in [0, 0.1) is 12.8 Å². The number of hydrogen-bond acceptors (Lipinski definition) is 1. The van der Waals surface area contributed by atoms with Gasteiger partial charge in [0.25, 0.3) is 0 Å². The van der Waals surface area contributed by atoms with E-state index in [-0.39, 0.29) is 32.7 Å². The van der Waals surface area contributed by atoms with Crippen molar-refractivity contribution in [3.05, 3.63) is 38.2 Å². The van der Waals surface area contributed by atoms with Gasteiger partial charge in [-0.15, -0.1) is 25.8 Å². The molecule has 0 aliphatic rings. The van der Waals surface area contributed by atoms with Crippen LogP contribution >= 0.6 is 0 Å². The Morgan fingerprint density at radius 1 is 1.36 bits per heavy atom. The summed E-state index contributed by atoms with van der Waals surface area (Å²) in [5, 5.41) is 0. The van der Waals surface area contributed by atoms with Crippen LogP contribution in [0.5, 0.6) is 0 Å². The Labute approximate surface area is 115 Å². The van der Waals surface area contributed by atoms with E-state index in [1.807, 2.05) is 12.2 Å². The summed E-state index contributed by atoms with van der Waals surface area (Å²) in [6, 6.07) is 0. The van der Waals surface area contributed by atoms with Crippen LogP contribution in [0.15, 0.2) is 25.3 Å². The second-order valence-electron chi connectivity index (χ2n) is 3.33. The van der Waals surface area contributed by atoms with Crippen molar-refractivity contribution in [1.82, 2.24) is 4.90 Å². The number of nitrogens with zero attached hydrogens (tertiary/aromatic N) is 1. The molecular formula is C12H21NY-2. The maximum atomic E-state index is 3.87. The van der Waals surface area contributed by atoms with Crippen LogP contribution in [0.3, 0.4) is 0 Å². The van der Waals surface area contributed by atoms with E-state index in [1.54, 1.807) is 0 Å². The summed E-state index contributed by atoms with van der Waals surface area (Å²) in [7, 11) is 2.11. The van der Waals surface area contributed by atoms with E-state index >= 15 is 0 Å². The van der Waals surface area contributed by atoms with Gasteiger partial charge in [0.15, 0.2) is 0 Å². The monoisotopic (exact) mass is 268 g/mol. The van der Waals surface area contributed by atoms with Gasteiger partial charge in [0.05, 0.1) is 0 Å². The molecule has 0 unspecified atom stereocenters. The number of likely N-dealkylation sites (N-methyl/N-ethyl adjacent to an activating group) is 1. The van der Waals surface area contributed by atoms with Gasteiger partial charge in [-0.1, -0.05) is 6.08 Å². The average molecular weight is 268 g/mol. The van der Waals surface area contributed by atoms with Crippen molar-refractivity contribution < 1.29 is 32.7 Å². The van der Waals surface area contributed by atoms with E-state index in [2.05, 4.69) is 32.0 Å². The van der Waals surface area contributed by atoms with Crippen LogP contribution in [0.25, 0.3) is 0 Å². The predicted molar refractivity (Wildman–Crippen MR) is 60.3 cm³/mol. The van der Waals surface area contributed by atoms with Crippen LogP contribution in [0.1, 0.15) is 19.3 Å². The van der Waals surface area contributed by atoms with Crippen LogP contribution < -0.4 is 0 Å². The van der Waals surface area contributed by atoms with E-state index in [1.165, 1.54) is 5.92 Å². The van der Waals surface area contributed by atoms with E-state index < -0.39 is 0 Å². The first-order valence-corrected chi connectivity index (χ1v) is 4.77. The van der Waals surface area contributed by atoms with Crippen molar-refractivity contribution in [2.45, 2.75) is 19.3 Å². The van der Waals surface area contributed by atoms with Gasteiger partial charge in [0.1, 0.15) is 0 Å². The van der Waals surface area contributed by atoms with Crippen LogP contribution in [-0.2, 0) is 32.7 Å². The van der Waals surface area contributed by atoms with Gasteiger partial charge in [0, 0.05) is 39.3 Å². The summed E-state index contributed by atoms with van der Waals surface area (Å²) >= 11 is 0. The molecule has 1 radical (unpaired) electrons. The Hall–Kier alpha value is 0.544. The summed E-state index contributed by atoms with van der Waals surface area (Å²) < 4.78 is 0. The van der Waals surface area contributed by atoms with E-state index in [4.69, 9.17) is 0 Å². The number of rotatable bonds is 8. The molecule has 14 heavy (non-hydrogen) atoms. The third kappa shape index (κ3) is 9.11. The summed E-state index contributed by atoms with van der Waals surface area (Å²) in [5.41, 5.74) is 0. The Bertz CT molecular complexity index is 145. The van der Waals surface area contributed by atoms with Gasteiger partial charge in [-0.05, 0) is 7.05 Å². The molecule has 0 amide bonds. The molecule has 0 aromatic carbocycles. The van der Waals surface area contributed by atoms with Crippen molar-refractivity contribution in [3.63, 3.8) is 0 Å². The molecule has 0 N–H and O–H groups in total. The van der Waals surface area contributed by atoms with Crippen molar-refractivity contribution in [1.29, 1.82) is 0 Å². The largest absolute Gasteiger partial charge is 0.346 e. The minimum absolute atomic E-state index is 0. The fourth-order valence-electron chi connectivity index (χ4n) is 1.37. The van der Waals surface area contributed by atoms with E-state index in [0.717, 1.165) is 32.4 Å². The second-order valence-corrected chi connectivity index (χ2v) is 3.33. The Morgan fingerprint density at radius 3 is 2.43 bits per heavy atom. The fraction of sp³-hybridized carbons (Fsp3) is 0.500. The van der Waals surface area contributed by atoms with Gasteiger partial charge >= 0.3 is 0 Å². The molecule has 0 bridgehead atoms. The zero-order chi connectivity index (χ0) is 10.1. The van der Waals surface area contributed by atoms with Gasteiger partial charge in [-0.2, -0.15) is 6.42 Å².